The van der Waals surface area contributed by atoms with Crippen molar-refractivity contribution in [2.75, 3.05) is 0 Å². The van der Waals surface area contributed by atoms with Crippen molar-refractivity contribution in [2.24, 2.45) is 5.14 Å². The zero-order chi connectivity index (χ0) is 10.9. The quantitative estimate of drug-likeness (QED) is 0.883. The number of rotatable bonds is 3. The number of sulfonamides is 1. The van der Waals surface area contributed by atoms with Gasteiger partial charge in [0.1, 0.15) is 16.0 Å². The highest BCUT2D eigenvalue weighted by Crippen LogP contribution is 2.18. The maximum atomic E-state index is 11.9. The molecule has 0 radical (unpaired) electrons. The highest BCUT2D eigenvalue weighted by atomic mass is 79.9. The van der Waals surface area contributed by atoms with Gasteiger partial charge in [-0.05, 0) is 15.9 Å². The van der Waals surface area contributed by atoms with Crippen molar-refractivity contribution in [2.45, 2.75) is 17.9 Å². The average Bonchev–Trinajstić information content (AvgIpc) is 2.27. The third-order valence-corrected chi connectivity index (χ3v) is 3.08. The Bertz CT molecular complexity index is 430. The van der Waals surface area contributed by atoms with Crippen LogP contribution in [-0.2, 0) is 16.6 Å². The van der Waals surface area contributed by atoms with Gasteiger partial charge in [0.2, 0.25) is 10.0 Å². The lowest BCUT2D eigenvalue weighted by atomic mass is 10.7. The molecule has 0 fully saturated rings. The van der Waals surface area contributed by atoms with Crippen LogP contribution in [0.25, 0.3) is 0 Å². The van der Waals surface area contributed by atoms with E-state index in [0.717, 1.165) is 10.9 Å². The predicted molar refractivity (Wildman–Crippen MR) is 47.3 cm³/mol. The van der Waals surface area contributed by atoms with Gasteiger partial charge in [-0.25, -0.2) is 22.3 Å². The molecule has 14 heavy (non-hydrogen) atoms. The number of nitrogens with zero attached hydrogens (tertiary/aromatic N) is 2. The summed E-state index contributed by atoms with van der Waals surface area (Å²) in [7, 11) is -3.92. The van der Waals surface area contributed by atoms with E-state index in [4.69, 9.17) is 5.14 Å². The van der Waals surface area contributed by atoms with Crippen LogP contribution in [-0.4, -0.2) is 24.6 Å². The van der Waals surface area contributed by atoms with Crippen LogP contribution in [0.1, 0.15) is 0 Å². The van der Waals surface area contributed by atoms with Gasteiger partial charge in [0, 0.05) is 6.20 Å². The molecule has 0 aliphatic rings. The van der Waals surface area contributed by atoms with E-state index in [1.54, 1.807) is 0 Å². The zero-order valence-electron chi connectivity index (χ0n) is 6.69. The largest absolute Gasteiger partial charge is 0.264 e. The van der Waals surface area contributed by atoms with E-state index in [1.807, 2.05) is 0 Å². The Morgan fingerprint density at radius 3 is 2.57 bits per heavy atom. The second-order valence-corrected chi connectivity index (χ2v) is 4.72. The van der Waals surface area contributed by atoms with Gasteiger partial charge in [-0.2, -0.15) is 5.10 Å². The molecule has 0 spiro atoms. The molecule has 1 aromatic heterocycles. The van der Waals surface area contributed by atoms with Crippen molar-refractivity contribution in [3.63, 3.8) is 0 Å². The smallest absolute Gasteiger partial charge is 0.257 e. The molecule has 0 bridgehead atoms. The summed E-state index contributed by atoms with van der Waals surface area (Å²) in [6, 6.07) is 0. The lowest BCUT2D eigenvalue weighted by Gasteiger charge is -1.97. The van der Waals surface area contributed by atoms with Gasteiger partial charge < -0.3 is 0 Å². The minimum Gasteiger partial charge on any atom is -0.264 e. The van der Waals surface area contributed by atoms with Crippen LogP contribution in [0.2, 0.25) is 0 Å². The first-order valence-corrected chi connectivity index (χ1v) is 5.68. The fraction of sp³-hybridized carbons (Fsp3) is 0.400. The summed E-state index contributed by atoms with van der Waals surface area (Å²) in [5.74, 6) is 0. The summed E-state index contributed by atoms with van der Waals surface area (Å²) in [4.78, 5) is -0.307. The molecule has 0 atom stereocenters. The molecule has 0 aromatic carbocycles. The van der Waals surface area contributed by atoms with Gasteiger partial charge in [0.05, 0.1) is 0 Å². The topological polar surface area (TPSA) is 78.0 Å². The second-order valence-electron chi connectivity index (χ2n) is 2.44. The Hall–Kier alpha value is -0.540. The van der Waals surface area contributed by atoms with E-state index in [2.05, 4.69) is 21.0 Å². The monoisotopic (exact) mass is 289 g/mol. The molecule has 0 amide bonds. The molecule has 2 N–H and O–H groups in total. The lowest BCUT2D eigenvalue weighted by Crippen LogP contribution is -2.12. The molecule has 1 rings (SSSR count). The van der Waals surface area contributed by atoms with Gasteiger partial charge in [0.25, 0.3) is 6.43 Å². The molecule has 0 saturated carbocycles. The number of nitrogens with two attached hydrogens (primary N) is 1. The molecule has 1 heterocycles. The first kappa shape index (κ1) is 11.5. The Morgan fingerprint density at radius 2 is 2.21 bits per heavy atom. The van der Waals surface area contributed by atoms with E-state index in [1.165, 1.54) is 0 Å². The van der Waals surface area contributed by atoms with E-state index in [9.17, 15) is 17.2 Å². The van der Waals surface area contributed by atoms with Crippen LogP contribution >= 0.6 is 15.9 Å². The van der Waals surface area contributed by atoms with E-state index < -0.39 is 23.0 Å². The molecule has 1 aromatic rings. The lowest BCUT2D eigenvalue weighted by molar-refractivity contribution is 0.121. The van der Waals surface area contributed by atoms with Crippen molar-refractivity contribution >= 4 is 26.0 Å². The van der Waals surface area contributed by atoms with Gasteiger partial charge in [-0.3, -0.25) is 4.68 Å². The third-order valence-electron chi connectivity index (χ3n) is 1.32. The molecule has 0 unspecified atom stereocenters. The number of aromatic nitrogens is 2. The molecular weight excluding hydrogens is 284 g/mol. The van der Waals surface area contributed by atoms with Crippen molar-refractivity contribution in [3.05, 3.63) is 10.8 Å². The van der Waals surface area contributed by atoms with Crippen molar-refractivity contribution in [1.29, 1.82) is 0 Å². The van der Waals surface area contributed by atoms with Crippen molar-refractivity contribution < 1.29 is 17.2 Å². The molecular formula is C5H6BrF2N3O2S. The highest BCUT2D eigenvalue weighted by molar-refractivity contribution is 9.10. The Balaban J connectivity index is 3.06. The summed E-state index contributed by atoms with van der Waals surface area (Å²) >= 11 is 2.81. The zero-order valence-corrected chi connectivity index (χ0v) is 9.09. The summed E-state index contributed by atoms with van der Waals surface area (Å²) in [6.07, 6.45) is -1.65. The van der Waals surface area contributed by atoms with Gasteiger partial charge in [-0.1, -0.05) is 0 Å². The number of alkyl halides is 2. The van der Waals surface area contributed by atoms with Crippen LogP contribution in [0.5, 0.6) is 0 Å². The van der Waals surface area contributed by atoms with Gasteiger partial charge in [-0.15, -0.1) is 0 Å². The SMILES string of the molecule is NS(=O)(=O)c1cn(CC(F)F)nc1Br. The molecule has 5 nitrogen and oxygen atoms in total. The second kappa shape index (κ2) is 3.91. The summed E-state index contributed by atoms with van der Waals surface area (Å²) < 4.78 is 46.3. The number of hydrogen-bond donors (Lipinski definition) is 1. The standard InChI is InChI=1S/C5H6BrF2N3O2S/c6-5-3(14(9,12)13)1-11(10-5)2-4(7)8/h1,4H,2H2,(H2,9,12,13). The third kappa shape index (κ3) is 2.72. The molecule has 80 valence electrons. The molecule has 9 heteroatoms. The fourth-order valence-corrected chi connectivity index (χ4v) is 2.33. The number of hydrogen-bond acceptors (Lipinski definition) is 3. The predicted octanol–water partition coefficient (Wildman–Crippen LogP) is 0.558. The van der Waals surface area contributed by atoms with Crippen molar-refractivity contribution in [1.82, 2.24) is 9.78 Å². The summed E-state index contributed by atoms with van der Waals surface area (Å²) in [6.45, 7) is -0.672. The average molecular weight is 290 g/mol. The highest BCUT2D eigenvalue weighted by Gasteiger charge is 2.18. The number of primary sulfonamides is 1. The normalized spacial score (nSPS) is 12.4. The first-order chi connectivity index (χ1) is 6.30. The Kier molecular flexibility index (Phi) is 3.22. The Morgan fingerprint density at radius 1 is 1.64 bits per heavy atom. The Labute approximate surface area is 87.1 Å². The molecule has 0 saturated heterocycles. The maximum absolute atomic E-state index is 11.9. The van der Waals surface area contributed by atoms with Crippen LogP contribution < -0.4 is 5.14 Å². The van der Waals surface area contributed by atoms with E-state index in [-0.39, 0.29) is 9.50 Å². The number of halogens is 3. The molecule has 0 aliphatic carbocycles. The minimum absolute atomic E-state index is 0.0688. The van der Waals surface area contributed by atoms with Crippen LogP contribution in [0.4, 0.5) is 8.78 Å². The van der Waals surface area contributed by atoms with Gasteiger partial charge >= 0.3 is 0 Å². The summed E-state index contributed by atoms with van der Waals surface area (Å²) in [5.41, 5.74) is 0. The van der Waals surface area contributed by atoms with Crippen LogP contribution in [0.3, 0.4) is 0 Å². The van der Waals surface area contributed by atoms with Crippen LogP contribution in [0.15, 0.2) is 15.7 Å². The summed E-state index contributed by atoms with van der Waals surface area (Å²) in [5, 5.41) is 8.31. The first-order valence-electron chi connectivity index (χ1n) is 3.34. The van der Waals surface area contributed by atoms with Crippen molar-refractivity contribution in [3.8, 4) is 0 Å². The maximum Gasteiger partial charge on any atom is 0.257 e. The van der Waals surface area contributed by atoms with E-state index >= 15 is 0 Å². The fourth-order valence-electron chi connectivity index (χ4n) is 0.805. The van der Waals surface area contributed by atoms with E-state index in [0.29, 0.717) is 0 Å². The molecule has 0 aliphatic heterocycles. The van der Waals surface area contributed by atoms with Crippen LogP contribution in [0, 0.1) is 0 Å². The minimum atomic E-state index is -3.92. The van der Waals surface area contributed by atoms with Gasteiger partial charge in [0.15, 0.2) is 0 Å².